The van der Waals surface area contributed by atoms with Crippen LogP contribution in [0.25, 0.3) is 11.3 Å². The van der Waals surface area contributed by atoms with Crippen LogP contribution in [0.15, 0.2) is 12.3 Å². The van der Waals surface area contributed by atoms with Gasteiger partial charge in [-0.1, -0.05) is 11.6 Å². The smallest absolute Gasteiger partial charge is 0.256 e. The summed E-state index contributed by atoms with van der Waals surface area (Å²) in [6.07, 6.45) is 3.52. The van der Waals surface area contributed by atoms with Gasteiger partial charge in [0.15, 0.2) is 16.7 Å². The number of carbonyl (C=O) groups excluding carboxylic acids is 1. The van der Waals surface area contributed by atoms with E-state index in [-0.39, 0.29) is 29.3 Å². The van der Waals surface area contributed by atoms with Gasteiger partial charge in [-0.15, -0.1) is 10.2 Å². The van der Waals surface area contributed by atoms with Gasteiger partial charge >= 0.3 is 0 Å². The van der Waals surface area contributed by atoms with E-state index in [1.54, 1.807) is 6.20 Å². The number of hydrogen-bond donors (Lipinski definition) is 2. The van der Waals surface area contributed by atoms with E-state index in [1.807, 2.05) is 6.92 Å². The largest absolute Gasteiger partial charge is 0.434 e. The van der Waals surface area contributed by atoms with E-state index in [9.17, 15) is 4.79 Å². The van der Waals surface area contributed by atoms with Crippen molar-refractivity contribution in [1.29, 1.82) is 0 Å². The lowest BCUT2D eigenvalue weighted by atomic mass is 9.88. The molecule has 10 heteroatoms. The third-order valence-electron chi connectivity index (χ3n) is 5.48. The van der Waals surface area contributed by atoms with Crippen molar-refractivity contribution in [2.24, 2.45) is 0 Å². The Morgan fingerprint density at radius 1 is 1.23 bits per heavy atom. The number of nitrogens with one attached hydrogen (secondary N) is 2. The van der Waals surface area contributed by atoms with E-state index in [4.69, 9.17) is 21.1 Å². The van der Waals surface area contributed by atoms with Crippen molar-refractivity contribution in [1.82, 2.24) is 25.5 Å². The van der Waals surface area contributed by atoms with Gasteiger partial charge in [-0.25, -0.2) is 9.37 Å². The highest BCUT2D eigenvalue weighted by Gasteiger charge is 2.32. The van der Waals surface area contributed by atoms with E-state index >= 15 is 4.39 Å². The molecular formula is C21H19ClFN5O3. The van der Waals surface area contributed by atoms with Crippen LogP contribution >= 0.6 is 11.6 Å². The number of carbonyl (C=O) groups is 1. The number of aryl methyl sites for hydroxylation is 1. The summed E-state index contributed by atoms with van der Waals surface area (Å²) in [5.41, 5.74) is 4.46. The second-order valence-electron chi connectivity index (χ2n) is 7.33. The average Bonchev–Trinajstić information content (AvgIpc) is 3.15. The van der Waals surface area contributed by atoms with Crippen molar-refractivity contribution >= 4 is 17.5 Å². The second-order valence-corrected chi connectivity index (χ2v) is 7.72. The Hall–Kier alpha value is -3.04. The van der Waals surface area contributed by atoms with Crippen LogP contribution in [0.3, 0.4) is 0 Å². The van der Waals surface area contributed by atoms with Gasteiger partial charge in [0.25, 0.3) is 11.8 Å². The second kappa shape index (κ2) is 7.90. The van der Waals surface area contributed by atoms with Crippen molar-refractivity contribution in [2.45, 2.75) is 32.8 Å². The molecule has 0 aromatic carbocycles. The molecule has 3 aromatic rings. The monoisotopic (exact) mass is 443 g/mol. The van der Waals surface area contributed by atoms with Crippen LogP contribution in [0.1, 0.15) is 39.8 Å². The standard InChI is InChI=1S/C21H19ClFN5O3/c1-2-30-9-13-14(7-15(22)28-27-13)31-21-18(23)16-10(8-25-21)3-4-11-17-12(26-19(11)16)5-6-24-20(17)29/h7-8,26H,2-6,9H2,1H3,(H,24,29). The normalized spacial score (nSPS) is 14.5. The van der Waals surface area contributed by atoms with Crippen molar-refractivity contribution in [3.05, 3.63) is 51.3 Å². The van der Waals surface area contributed by atoms with Gasteiger partial charge in [0.2, 0.25) is 0 Å². The predicted octanol–water partition coefficient (Wildman–Crippen LogP) is 3.37. The summed E-state index contributed by atoms with van der Waals surface area (Å²) in [6, 6.07) is 1.45. The summed E-state index contributed by atoms with van der Waals surface area (Å²) in [5, 5.41) is 10.8. The Morgan fingerprint density at radius 2 is 2.10 bits per heavy atom. The molecule has 2 aliphatic rings. The zero-order valence-corrected chi connectivity index (χ0v) is 17.5. The molecule has 0 unspecified atom stereocenters. The topological polar surface area (TPSA) is 102 Å². The van der Waals surface area contributed by atoms with Crippen LogP contribution in [0.4, 0.5) is 4.39 Å². The predicted molar refractivity (Wildman–Crippen MR) is 110 cm³/mol. The van der Waals surface area contributed by atoms with Gasteiger partial charge in [-0.05, 0) is 30.9 Å². The number of pyridine rings is 1. The highest BCUT2D eigenvalue weighted by molar-refractivity contribution is 6.29. The lowest BCUT2D eigenvalue weighted by Crippen LogP contribution is -2.32. The Balaban J connectivity index is 1.57. The molecule has 1 aliphatic carbocycles. The highest BCUT2D eigenvalue weighted by Crippen LogP contribution is 2.41. The van der Waals surface area contributed by atoms with Gasteiger partial charge in [-0.2, -0.15) is 0 Å². The number of aromatic amines is 1. The van der Waals surface area contributed by atoms with Crippen molar-refractivity contribution in [3.8, 4) is 22.9 Å². The molecule has 0 fully saturated rings. The molecule has 2 N–H and O–H groups in total. The molecule has 4 heterocycles. The zero-order valence-electron chi connectivity index (χ0n) is 16.7. The number of H-pyrrole nitrogens is 1. The minimum atomic E-state index is -0.604. The number of hydrogen-bond acceptors (Lipinski definition) is 6. The summed E-state index contributed by atoms with van der Waals surface area (Å²) >= 11 is 5.96. The molecule has 0 saturated heterocycles. The Kier molecular flexibility index (Phi) is 5.07. The maximum absolute atomic E-state index is 15.7. The number of fused-ring (bicyclic) bond motifs is 5. The van der Waals surface area contributed by atoms with Crippen molar-refractivity contribution in [2.75, 3.05) is 13.2 Å². The third-order valence-corrected chi connectivity index (χ3v) is 5.66. The number of halogens is 2. The molecule has 5 rings (SSSR count). The number of aromatic nitrogens is 4. The van der Waals surface area contributed by atoms with E-state index in [0.717, 1.165) is 16.8 Å². The fourth-order valence-corrected chi connectivity index (χ4v) is 4.21. The molecule has 160 valence electrons. The van der Waals surface area contributed by atoms with Crippen molar-refractivity contribution in [3.63, 3.8) is 0 Å². The summed E-state index contributed by atoms with van der Waals surface area (Å²) in [5.74, 6) is -0.703. The molecule has 0 spiro atoms. The lowest BCUT2D eigenvalue weighted by Gasteiger charge is -2.19. The minimum absolute atomic E-state index is 0.110. The van der Waals surface area contributed by atoms with Crippen LogP contribution < -0.4 is 10.1 Å². The van der Waals surface area contributed by atoms with Crippen LogP contribution in [0.5, 0.6) is 11.6 Å². The van der Waals surface area contributed by atoms with E-state index in [1.165, 1.54) is 6.07 Å². The van der Waals surface area contributed by atoms with Crippen molar-refractivity contribution < 1.29 is 18.7 Å². The minimum Gasteiger partial charge on any atom is -0.434 e. The first-order valence-corrected chi connectivity index (χ1v) is 10.4. The molecule has 0 radical (unpaired) electrons. The molecule has 8 nitrogen and oxygen atoms in total. The SMILES string of the molecule is CCOCc1nnc(Cl)cc1Oc1ncc2c(c1F)-c1[nH]c3c(c1CC2)C(=O)NCC3. The van der Waals surface area contributed by atoms with E-state index in [2.05, 4.69) is 25.5 Å². The molecule has 31 heavy (non-hydrogen) atoms. The molecule has 0 atom stereocenters. The molecule has 3 aromatic heterocycles. The third kappa shape index (κ3) is 3.43. The summed E-state index contributed by atoms with van der Waals surface area (Å²) < 4.78 is 26.8. The molecule has 1 aliphatic heterocycles. The lowest BCUT2D eigenvalue weighted by molar-refractivity contribution is 0.0945. The first-order chi connectivity index (χ1) is 15.1. The van der Waals surface area contributed by atoms with E-state index in [0.29, 0.717) is 54.9 Å². The summed E-state index contributed by atoms with van der Waals surface area (Å²) in [4.78, 5) is 19.8. The van der Waals surface area contributed by atoms with Gasteiger partial charge in [0.1, 0.15) is 5.69 Å². The maximum Gasteiger partial charge on any atom is 0.256 e. The van der Waals surface area contributed by atoms with Gasteiger partial charge in [0.05, 0.1) is 17.9 Å². The quantitative estimate of drug-likeness (QED) is 0.626. The molecule has 0 saturated carbocycles. The first-order valence-electron chi connectivity index (χ1n) is 10.0. The van der Waals surface area contributed by atoms with Crippen LogP contribution in [0, 0.1) is 5.82 Å². The Morgan fingerprint density at radius 3 is 2.94 bits per heavy atom. The van der Waals surface area contributed by atoms with E-state index < -0.39 is 5.82 Å². The first kappa shape index (κ1) is 19.9. The van der Waals surface area contributed by atoms with Crippen LogP contribution in [-0.4, -0.2) is 39.2 Å². The Labute approximate surface area is 182 Å². The highest BCUT2D eigenvalue weighted by atomic mass is 35.5. The zero-order chi connectivity index (χ0) is 21.5. The Bertz CT molecular complexity index is 1200. The maximum atomic E-state index is 15.7. The number of nitrogens with zero attached hydrogens (tertiary/aromatic N) is 3. The van der Waals surface area contributed by atoms with Crippen LogP contribution in [0.2, 0.25) is 5.15 Å². The van der Waals surface area contributed by atoms with Gasteiger partial charge in [-0.3, -0.25) is 4.79 Å². The fourth-order valence-electron chi connectivity index (χ4n) is 4.08. The fraction of sp³-hybridized carbons (Fsp3) is 0.333. The number of amides is 1. The molecule has 1 amide bonds. The van der Waals surface area contributed by atoms with Gasteiger partial charge in [0, 0.05) is 43.1 Å². The average molecular weight is 444 g/mol. The number of rotatable bonds is 5. The number of ether oxygens (including phenoxy) is 2. The van der Waals surface area contributed by atoms with Crippen LogP contribution in [-0.2, 0) is 30.6 Å². The summed E-state index contributed by atoms with van der Waals surface area (Å²) in [7, 11) is 0. The molecule has 0 bridgehead atoms. The van der Waals surface area contributed by atoms with Gasteiger partial charge < -0.3 is 19.8 Å². The summed E-state index contributed by atoms with van der Waals surface area (Å²) in [6.45, 7) is 3.03. The molecular weight excluding hydrogens is 425 g/mol.